The number of benzene rings is 5. The van der Waals surface area contributed by atoms with Crippen molar-refractivity contribution >= 4 is 70.5 Å². The van der Waals surface area contributed by atoms with Gasteiger partial charge in [-0.2, -0.15) is 0 Å². The summed E-state index contributed by atoms with van der Waals surface area (Å²) >= 11 is 14.1. The van der Waals surface area contributed by atoms with Crippen LogP contribution < -0.4 is 62.9 Å². The van der Waals surface area contributed by atoms with Gasteiger partial charge in [-0.25, -0.2) is 4.79 Å². The second kappa shape index (κ2) is 30.0. The van der Waals surface area contributed by atoms with Gasteiger partial charge < -0.3 is 128 Å². The lowest BCUT2D eigenvalue weighted by Crippen LogP contribution is -2.64. The maximum atomic E-state index is 16.2. The lowest BCUT2D eigenvalue weighted by molar-refractivity contribution is -0.333. The fourth-order valence-electron chi connectivity index (χ4n) is 12.6. The highest BCUT2D eigenvalue weighted by Gasteiger charge is 2.52. The van der Waals surface area contributed by atoms with E-state index in [0.717, 1.165) is 85.8 Å². The second-order valence-corrected chi connectivity index (χ2v) is 27.1. The van der Waals surface area contributed by atoms with E-state index in [0.29, 0.717) is 0 Å². The van der Waals surface area contributed by atoms with Gasteiger partial charge in [-0.15, -0.1) is 0 Å². The van der Waals surface area contributed by atoms with Crippen molar-refractivity contribution in [3.05, 3.63) is 117 Å². The molecule has 7 amide bonds. The van der Waals surface area contributed by atoms with Crippen LogP contribution in [0.1, 0.15) is 116 Å². The van der Waals surface area contributed by atoms with E-state index in [1.807, 2.05) is 0 Å². The number of halogens is 2. The number of nitrogens with one attached hydrogen (secondary N) is 7. The number of aliphatic carboxylic acids is 1. The Labute approximate surface area is 594 Å². The SMILES string of the molecule is [2H][13C]([2H])([2H])N[C@H](CC(C)C)C(=O)N[C@H]1C(=O)N[C@@](C)(CC(N)=O)C(=O)N[C@H]2C(=O)N[C@H]3C(=O)N[C@H](C(=O)N[C@H](C(=O)O)c4cc(O)cc(O)c4-c4cc3ccc4O)[C@H](O)c3ccc(c(Cl)c3)Oc3cc2cc(c3O[C@@H]2O[C@H](CO)[C@@H](O)[C@H](O)[C@H]2O[C@H]2C[C@](C)(N)[C@H](O)[C@H](C)O2)Oc2ccc(cc2Cl)[C@H]1O. The molecular weight excluding hydrogens is 1390 g/mol. The Kier molecular flexibility index (Phi) is 21.0. The van der Waals surface area contributed by atoms with E-state index >= 15 is 19.2 Å². The van der Waals surface area contributed by atoms with E-state index in [9.17, 15) is 70.2 Å². The number of aliphatic hydroxyl groups excluding tert-OH is 6. The smallest absolute Gasteiger partial charge is 0.330 e. The second-order valence-electron chi connectivity index (χ2n) is 26.3. The third-order valence-corrected chi connectivity index (χ3v) is 18.6. The maximum absolute atomic E-state index is 16.2. The van der Waals surface area contributed by atoms with E-state index in [1.165, 1.54) is 13.8 Å². The van der Waals surface area contributed by atoms with Crippen molar-refractivity contribution in [1.82, 2.24) is 37.2 Å². The molecule has 18 atom stereocenters. The van der Waals surface area contributed by atoms with E-state index in [1.54, 1.807) is 13.8 Å². The topological polar surface area (TPSA) is 530 Å². The summed E-state index contributed by atoms with van der Waals surface area (Å²) < 4.78 is 62.1. The number of aromatic hydroxyl groups is 3. The highest BCUT2D eigenvalue weighted by molar-refractivity contribution is 6.32. The molecule has 12 rings (SSSR count). The molecule has 2 fully saturated rings. The number of rotatable bonds is 13. The van der Waals surface area contributed by atoms with Crippen LogP contribution >= 0.6 is 23.2 Å². The van der Waals surface area contributed by atoms with Gasteiger partial charge in [0, 0.05) is 38.8 Å². The summed E-state index contributed by atoms with van der Waals surface area (Å²) in [5.74, 6) is -17.4. The van der Waals surface area contributed by atoms with Crippen LogP contribution in [-0.4, -0.2) is 190 Å². The minimum Gasteiger partial charge on any atom is -0.508 e. The fourth-order valence-corrected chi connectivity index (χ4v) is 13.1. The number of phenols is 3. The van der Waals surface area contributed by atoms with Crippen molar-refractivity contribution in [2.75, 3.05) is 13.6 Å². The third-order valence-electron chi connectivity index (χ3n) is 18.0. The highest BCUT2D eigenvalue weighted by atomic mass is 35.5. The van der Waals surface area contributed by atoms with E-state index in [4.69, 9.17) is 67.2 Å². The maximum Gasteiger partial charge on any atom is 0.330 e. The zero-order valence-corrected chi connectivity index (χ0v) is 56.3. The summed E-state index contributed by atoms with van der Waals surface area (Å²) in [5.41, 5.74) is 5.02. The average molecular weight is 1470 g/mol. The number of fused-ring (bicyclic) bond motifs is 15. The van der Waals surface area contributed by atoms with Crippen LogP contribution in [0.4, 0.5) is 0 Å². The minimum atomic E-state index is -2.96. The van der Waals surface area contributed by atoms with Crippen molar-refractivity contribution in [2.45, 2.75) is 163 Å². The first-order valence-electron chi connectivity index (χ1n) is 33.2. The summed E-state index contributed by atoms with van der Waals surface area (Å²) in [6.07, 6.45) is -19.5. The number of hydrogen-bond donors (Lipinski definition) is 19. The molecule has 0 aliphatic carbocycles. The minimum absolute atomic E-state index is 0.168. The van der Waals surface area contributed by atoms with Gasteiger partial charge in [0.25, 0.3) is 0 Å². The standard InChI is InChI=1S/C67H77Cl2N9O24/c1-24(2)13-35(72-6)58(89)75-50-52(85)28-9-12-39(34(69)16-28)99-41-18-29-17-40(55(41)102-64-56(54(87)53(86)42(23-79)100-64)101-44-22-66(4,71)57(88)25(3)97-44)98-38-11-8-27(15-33(38)68)51(84)49-61(92)74-48(63(94)95)32-19-30(80)20-37(82)45(32)31-14-26(7-10-36(31)81)46(59(90)76-49)73-60(91)47(29)77-65(96)67(5,21-43(70)83)78-62(50)93/h7-12,14-20,24-25,35,42,44,46-54,56-57,64,72,79-82,84-88H,13,21-23,71H2,1-6H3,(H2,70,83)(H,73,91)(H,74,92)(H,75,89)(H,76,90)(H,77,96)(H,78,93)(H,94,95)/t25-,35+,42+,44-,46+,47+,48-,49-,50+,51+,52+,53+,54-,56+,57+,64-,66-,67-/m0/s1/i6+1D3. The average Bonchev–Trinajstić information content (AvgIpc) is 0.767. The Hall–Kier alpha value is -9.20. The van der Waals surface area contributed by atoms with Gasteiger partial charge in [-0.05, 0) is 117 Å². The number of ether oxygens (including phenoxy) is 6. The van der Waals surface area contributed by atoms with Crippen LogP contribution in [0.2, 0.25) is 10.0 Å². The molecule has 548 valence electrons. The predicted molar refractivity (Wildman–Crippen MR) is 354 cm³/mol. The zero-order valence-electron chi connectivity index (χ0n) is 57.7. The normalized spacial score (nSPS) is 30.6. The molecule has 0 radical (unpaired) electrons. The molecule has 7 aliphatic rings. The van der Waals surface area contributed by atoms with Crippen LogP contribution in [0.15, 0.2) is 78.9 Å². The van der Waals surface area contributed by atoms with Crippen LogP contribution in [-0.2, 0) is 52.6 Å². The number of hydrogen-bond acceptors (Lipinski definition) is 25. The molecule has 2 saturated heterocycles. The van der Waals surface area contributed by atoms with Gasteiger partial charge in [-0.1, -0.05) is 55.2 Å². The van der Waals surface area contributed by atoms with Gasteiger partial charge >= 0.3 is 5.97 Å². The lowest BCUT2D eigenvalue weighted by atomic mass is 9.86. The number of aliphatic hydroxyl groups is 6. The number of primary amides is 1. The fraction of sp³-hybridized carbons (Fsp3) is 0.433. The van der Waals surface area contributed by atoms with Crippen molar-refractivity contribution in [3.8, 4) is 57.1 Å². The number of carbonyl (C=O) groups is 8. The van der Waals surface area contributed by atoms with Crippen molar-refractivity contribution in [3.63, 3.8) is 0 Å². The summed E-state index contributed by atoms with van der Waals surface area (Å²) in [7, 11) is 0. The third kappa shape index (κ3) is 15.6. The van der Waals surface area contributed by atoms with Crippen molar-refractivity contribution < 1.29 is 122 Å². The summed E-state index contributed by atoms with van der Waals surface area (Å²) in [6.45, 7) is 3.25. The number of amides is 7. The number of carbonyl (C=O) groups excluding carboxylic acids is 7. The molecule has 5 aromatic carbocycles. The molecule has 0 spiro atoms. The first-order chi connectivity index (χ1) is 49.1. The van der Waals surface area contributed by atoms with Crippen LogP contribution in [0, 0.1) is 5.92 Å². The first-order valence-corrected chi connectivity index (χ1v) is 32.5. The Morgan fingerprint density at radius 3 is 1.95 bits per heavy atom. The molecule has 7 heterocycles. The molecule has 0 saturated carbocycles. The molecule has 5 aromatic rings. The molecule has 11 bridgehead atoms. The van der Waals surface area contributed by atoms with Gasteiger partial charge in [0.1, 0.15) is 89.0 Å². The lowest BCUT2D eigenvalue weighted by Gasteiger charge is -2.47. The summed E-state index contributed by atoms with van der Waals surface area (Å²) in [6, 6.07) is -0.0112. The van der Waals surface area contributed by atoms with E-state index in [-0.39, 0.29) is 29.9 Å². The van der Waals surface area contributed by atoms with Crippen LogP contribution in [0.5, 0.6) is 46.0 Å². The molecule has 35 heteroatoms. The zero-order chi connectivity index (χ0) is 77.0. The molecule has 102 heavy (non-hydrogen) atoms. The molecular formula is C67H77Cl2N9O24. The molecule has 33 nitrogen and oxygen atoms in total. The highest BCUT2D eigenvalue weighted by Crippen LogP contribution is 2.50. The predicted octanol–water partition coefficient (Wildman–Crippen LogP) is 0.496. The van der Waals surface area contributed by atoms with Crippen molar-refractivity contribution in [1.29, 1.82) is 0 Å². The Morgan fingerprint density at radius 1 is 0.745 bits per heavy atom. The Bertz CT molecular complexity index is 4260. The number of phenolic OH excluding ortho intramolecular Hbond substituents is 3. The molecule has 0 unspecified atom stereocenters. The molecule has 0 aromatic heterocycles. The first kappa shape index (κ1) is 71.2. The van der Waals surface area contributed by atoms with Gasteiger partial charge in [0.15, 0.2) is 29.9 Å². The van der Waals surface area contributed by atoms with Gasteiger partial charge in [0.2, 0.25) is 53.4 Å². The number of carboxylic acids is 1. The monoisotopic (exact) mass is 1470 g/mol. The van der Waals surface area contributed by atoms with Crippen LogP contribution in [0.25, 0.3) is 11.1 Å². The Balaban J connectivity index is 1.25. The van der Waals surface area contributed by atoms with Gasteiger partial charge in [0.05, 0.1) is 41.3 Å². The Morgan fingerprint density at radius 2 is 1.36 bits per heavy atom. The van der Waals surface area contributed by atoms with Crippen LogP contribution in [0.3, 0.4) is 0 Å². The van der Waals surface area contributed by atoms with Crippen molar-refractivity contribution in [2.24, 2.45) is 17.4 Å². The number of likely N-dealkylation sites (N-methyl/N-ethyl adjacent to an activating group) is 1. The molecule has 7 aliphatic heterocycles. The summed E-state index contributed by atoms with van der Waals surface area (Å²) in [5, 5.41) is 130. The largest absolute Gasteiger partial charge is 0.508 e. The van der Waals surface area contributed by atoms with Gasteiger partial charge in [-0.3, -0.25) is 33.6 Å². The quantitative estimate of drug-likeness (QED) is 0.0714. The van der Waals surface area contributed by atoms with E-state index in [2.05, 4.69) is 37.2 Å². The number of carboxylic acid groups (broad SMARTS) is 1. The molecule has 21 N–H and O–H groups in total. The summed E-state index contributed by atoms with van der Waals surface area (Å²) in [4.78, 5) is 118. The number of nitrogens with two attached hydrogens (primary N) is 2. The van der Waals surface area contributed by atoms with E-state index < -0.39 is 260 Å².